The van der Waals surface area contributed by atoms with E-state index in [1.165, 1.54) is 19.3 Å². The minimum Gasteiger partial charge on any atom is -0.481 e. The first-order valence-corrected chi connectivity index (χ1v) is 7.95. The summed E-state index contributed by atoms with van der Waals surface area (Å²) in [4.78, 5) is 23.4. The smallest absolute Gasteiger partial charge is 0.309 e. The van der Waals surface area contributed by atoms with E-state index < -0.39 is 17.8 Å². The molecule has 4 nitrogen and oxygen atoms in total. The van der Waals surface area contributed by atoms with Gasteiger partial charge in [-0.25, -0.2) is 0 Å². The van der Waals surface area contributed by atoms with Crippen LogP contribution < -0.4 is 0 Å². The molecular weight excluding hydrogens is 256 g/mol. The van der Waals surface area contributed by atoms with Crippen molar-refractivity contribution < 1.29 is 19.4 Å². The van der Waals surface area contributed by atoms with Crippen LogP contribution in [0.2, 0.25) is 0 Å². The normalized spacial score (nSPS) is 19.3. The van der Waals surface area contributed by atoms with E-state index in [0.29, 0.717) is 18.9 Å². The lowest BCUT2D eigenvalue weighted by Gasteiger charge is -2.26. The van der Waals surface area contributed by atoms with Crippen LogP contribution in [0.1, 0.15) is 65.2 Å². The molecule has 0 bridgehead atoms. The van der Waals surface area contributed by atoms with Crippen molar-refractivity contribution in [2.75, 3.05) is 6.61 Å². The molecule has 0 unspecified atom stereocenters. The molecule has 0 spiro atoms. The summed E-state index contributed by atoms with van der Waals surface area (Å²) in [5.41, 5.74) is 0. The maximum atomic E-state index is 11.9. The van der Waals surface area contributed by atoms with E-state index in [0.717, 1.165) is 25.7 Å². The Kier molecular flexibility index (Phi) is 7.63. The number of carbonyl (C=O) groups excluding carboxylic acids is 1. The predicted molar refractivity (Wildman–Crippen MR) is 77.3 cm³/mol. The van der Waals surface area contributed by atoms with Gasteiger partial charge in [-0.3, -0.25) is 9.59 Å². The van der Waals surface area contributed by atoms with Gasteiger partial charge in [-0.05, 0) is 18.8 Å². The Balaban J connectivity index is 2.50. The largest absolute Gasteiger partial charge is 0.481 e. The van der Waals surface area contributed by atoms with Crippen LogP contribution in [0, 0.1) is 17.8 Å². The third-order valence-corrected chi connectivity index (χ3v) is 4.35. The fraction of sp³-hybridized carbons (Fsp3) is 0.875. The Morgan fingerprint density at radius 1 is 1.25 bits per heavy atom. The van der Waals surface area contributed by atoms with Gasteiger partial charge in [-0.1, -0.05) is 52.4 Å². The summed E-state index contributed by atoms with van der Waals surface area (Å²) in [6.45, 7) is 4.12. The average molecular weight is 284 g/mol. The van der Waals surface area contributed by atoms with Crippen molar-refractivity contribution in [3.8, 4) is 0 Å². The maximum absolute atomic E-state index is 11.9. The van der Waals surface area contributed by atoms with E-state index in [1.807, 2.05) is 6.92 Å². The highest BCUT2D eigenvalue weighted by molar-refractivity contribution is 5.80. The molecule has 1 fully saturated rings. The van der Waals surface area contributed by atoms with E-state index in [1.54, 1.807) is 6.92 Å². The van der Waals surface area contributed by atoms with Crippen molar-refractivity contribution in [2.45, 2.75) is 65.2 Å². The average Bonchev–Trinajstić information content (AvgIpc) is 2.45. The number of carbonyl (C=O) groups is 2. The maximum Gasteiger partial charge on any atom is 0.309 e. The van der Waals surface area contributed by atoms with Gasteiger partial charge in [0.25, 0.3) is 0 Å². The molecule has 1 aliphatic carbocycles. The molecule has 1 N–H and O–H groups in total. The Bertz CT molecular complexity index is 308. The summed E-state index contributed by atoms with van der Waals surface area (Å²) in [7, 11) is 0. The van der Waals surface area contributed by atoms with Gasteiger partial charge >= 0.3 is 11.9 Å². The topological polar surface area (TPSA) is 63.6 Å². The van der Waals surface area contributed by atoms with Gasteiger partial charge in [0.15, 0.2) is 0 Å². The number of carboxylic acid groups (broad SMARTS) is 1. The number of unbranched alkanes of at least 4 members (excludes halogenated alkanes) is 1. The molecule has 0 amide bonds. The van der Waals surface area contributed by atoms with Gasteiger partial charge in [-0.15, -0.1) is 0 Å². The fourth-order valence-electron chi connectivity index (χ4n) is 2.91. The molecule has 0 saturated heterocycles. The number of esters is 1. The molecule has 1 aliphatic rings. The van der Waals surface area contributed by atoms with E-state index in [9.17, 15) is 14.7 Å². The number of carboxylic acids is 1. The summed E-state index contributed by atoms with van der Waals surface area (Å²) in [5, 5.41) is 9.39. The first-order chi connectivity index (χ1) is 9.56. The van der Waals surface area contributed by atoms with Crippen molar-refractivity contribution in [1.29, 1.82) is 0 Å². The zero-order chi connectivity index (χ0) is 15.0. The summed E-state index contributed by atoms with van der Waals surface area (Å²) in [6, 6.07) is 0. The second-order valence-corrected chi connectivity index (χ2v) is 5.99. The van der Waals surface area contributed by atoms with Crippen LogP contribution >= 0.6 is 0 Å². The van der Waals surface area contributed by atoms with Crippen LogP contribution in [0.3, 0.4) is 0 Å². The van der Waals surface area contributed by atoms with E-state index in [4.69, 9.17) is 4.74 Å². The van der Waals surface area contributed by atoms with E-state index >= 15 is 0 Å². The number of ether oxygens (including phenoxy) is 1. The number of aliphatic carboxylic acids is 1. The molecule has 1 rings (SSSR count). The molecule has 2 atom stereocenters. The minimum absolute atomic E-state index is 0.360. The third-order valence-electron chi connectivity index (χ3n) is 4.35. The Morgan fingerprint density at radius 3 is 2.45 bits per heavy atom. The highest BCUT2D eigenvalue weighted by Gasteiger charge is 2.33. The lowest BCUT2D eigenvalue weighted by Crippen LogP contribution is -2.31. The summed E-state index contributed by atoms with van der Waals surface area (Å²) < 4.78 is 5.16. The Hall–Kier alpha value is -1.06. The van der Waals surface area contributed by atoms with Crippen LogP contribution in [-0.2, 0) is 14.3 Å². The van der Waals surface area contributed by atoms with Gasteiger partial charge in [-0.2, -0.15) is 0 Å². The number of rotatable bonds is 8. The third kappa shape index (κ3) is 5.51. The van der Waals surface area contributed by atoms with Gasteiger partial charge < -0.3 is 9.84 Å². The number of hydrogen-bond donors (Lipinski definition) is 1. The van der Waals surface area contributed by atoms with Crippen molar-refractivity contribution in [3.05, 3.63) is 0 Å². The van der Waals surface area contributed by atoms with Crippen LogP contribution in [0.5, 0.6) is 0 Å². The molecule has 0 heterocycles. The molecule has 4 heteroatoms. The van der Waals surface area contributed by atoms with E-state index in [2.05, 4.69) is 0 Å². The van der Waals surface area contributed by atoms with Crippen LogP contribution in [0.25, 0.3) is 0 Å². The molecule has 116 valence electrons. The highest BCUT2D eigenvalue weighted by atomic mass is 16.5. The zero-order valence-corrected chi connectivity index (χ0v) is 12.8. The molecule has 20 heavy (non-hydrogen) atoms. The monoisotopic (exact) mass is 284 g/mol. The minimum atomic E-state index is -0.865. The number of hydrogen-bond acceptors (Lipinski definition) is 3. The van der Waals surface area contributed by atoms with Crippen molar-refractivity contribution in [3.63, 3.8) is 0 Å². The van der Waals surface area contributed by atoms with Gasteiger partial charge in [0.1, 0.15) is 0 Å². The first-order valence-electron chi connectivity index (χ1n) is 7.95. The van der Waals surface area contributed by atoms with Crippen LogP contribution in [0.15, 0.2) is 0 Å². The lowest BCUT2D eigenvalue weighted by atomic mass is 9.79. The molecular formula is C16H28O4. The SMILES string of the molecule is CCCCOC(=O)[C@H](C)[C@H](CC1CCCCC1)C(=O)O. The van der Waals surface area contributed by atoms with Crippen molar-refractivity contribution in [2.24, 2.45) is 17.8 Å². The molecule has 1 saturated carbocycles. The molecule has 0 aromatic rings. The van der Waals surface area contributed by atoms with Crippen molar-refractivity contribution in [1.82, 2.24) is 0 Å². The molecule has 0 aliphatic heterocycles. The molecule has 0 aromatic heterocycles. The fourth-order valence-corrected chi connectivity index (χ4v) is 2.91. The molecule has 0 aromatic carbocycles. The quantitative estimate of drug-likeness (QED) is 0.546. The standard InChI is InChI=1S/C16H28O4/c1-3-4-10-20-16(19)12(2)14(15(17)18)11-13-8-6-5-7-9-13/h12-14H,3-11H2,1-2H3,(H,17,18)/t12-,14+/m1/s1. The molecule has 0 radical (unpaired) electrons. The second-order valence-electron chi connectivity index (χ2n) is 5.99. The Morgan fingerprint density at radius 2 is 1.90 bits per heavy atom. The van der Waals surface area contributed by atoms with Gasteiger partial charge in [0.05, 0.1) is 18.4 Å². The Labute approximate surface area is 121 Å². The highest BCUT2D eigenvalue weighted by Crippen LogP contribution is 2.32. The van der Waals surface area contributed by atoms with Gasteiger partial charge in [0.2, 0.25) is 0 Å². The second kappa shape index (κ2) is 8.98. The summed E-state index contributed by atoms with van der Waals surface area (Å²) in [5.74, 6) is -1.92. The van der Waals surface area contributed by atoms with Crippen molar-refractivity contribution >= 4 is 11.9 Å². The zero-order valence-electron chi connectivity index (χ0n) is 12.8. The lowest BCUT2D eigenvalue weighted by molar-refractivity contribution is -0.157. The van der Waals surface area contributed by atoms with Gasteiger partial charge in [0, 0.05) is 0 Å². The van der Waals surface area contributed by atoms with Crippen LogP contribution in [0.4, 0.5) is 0 Å². The summed E-state index contributed by atoms with van der Waals surface area (Å²) in [6.07, 6.45) is 8.23. The van der Waals surface area contributed by atoms with E-state index in [-0.39, 0.29) is 5.97 Å². The summed E-state index contributed by atoms with van der Waals surface area (Å²) >= 11 is 0. The predicted octanol–water partition coefficient (Wildman–Crippen LogP) is 3.64. The first kappa shape index (κ1) is 17.0. The van der Waals surface area contributed by atoms with Crippen LogP contribution in [-0.4, -0.2) is 23.7 Å².